The second-order valence-electron chi connectivity index (χ2n) is 3.81. The van der Waals surface area contributed by atoms with Crippen molar-refractivity contribution in [2.24, 2.45) is 0 Å². The summed E-state index contributed by atoms with van der Waals surface area (Å²) in [5.41, 5.74) is 2.59. The molecule has 0 fully saturated rings. The minimum atomic E-state index is -0.826. The summed E-state index contributed by atoms with van der Waals surface area (Å²) in [5, 5.41) is 2.63. The Kier molecular flexibility index (Phi) is 5.56. The number of hydrogen-bond acceptors (Lipinski definition) is 0. The molecule has 0 aromatic heterocycles. The second kappa shape index (κ2) is 7.19. The molecule has 3 rings (SSSR count). The Bertz CT molecular complexity index is 569. The Labute approximate surface area is 126 Å². The molecular weight excluding hydrogens is 342 g/mol. The van der Waals surface area contributed by atoms with Crippen molar-refractivity contribution in [3.63, 3.8) is 0 Å². The maximum atomic E-state index is 4.93. The average molecular weight is 353 g/mol. The molecule has 90 valence electrons. The number of halogens is 2. The fourth-order valence-corrected chi connectivity index (χ4v) is 1.95. The minimum Gasteiger partial charge on any atom is -0.145 e. The number of hydrogen-bond donors (Lipinski definition) is 0. The maximum Gasteiger partial charge on any atom is -0.0635 e. The van der Waals surface area contributed by atoms with Gasteiger partial charge < -0.3 is 0 Å². The van der Waals surface area contributed by atoms with E-state index in [0.717, 1.165) is 0 Å². The molecule has 3 aromatic rings. The SMILES string of the molecule is [Cl][Zr][Cl].c1ccc(-c2cc3ccccc3[cH-]2)cc1. The largest absolute Gasteiger partial charge is 0.145 e. The molecule has 0 aliphatic heterocycles. The van der Waals surface area contributed by atoms with Gasteiger partial charge in [0.2, 0.25) is 0 Å². The van der Waals surface area contributed by atoms with Crippen LogP contribution in [0.15, 0.2) is 66.7 Å². The molecule has 0 spiro atoms. The van der Waals surface area contributed by atoms with Gasteiger partial charge in [-0.2, -0.15) is 0 Å². The molecule has 0 saturated carbocycles. The van der Waals surface area contributed by atoms with Gasteiger partial charge in [-0.15, -0.1) is 34.5 Å². The molecule has 0 atom stereocenters. The summed E-state index contributed by atoms with van der Waals surface area (Å²) >= 11 is -0.826. The van der Waals surface area contributed by atoms with Crippen molar-refractivity contribution in [2.75, 3.05) is 0 Å². The zero-order valence-corrected chi connectivity index (χ0v) is 13.6. The van der Waals surface area contributed by atoms with Gasteiger partial charge in [0.15, 0.2) is 0 Å². The van der Waals surface area contributed by atoms with Crippen LogP contribution in [-0.4, -0.2) is 0 Å². The second-order valence-corrected chi connectivity index (χ2v) is 7.54. The Morgan fingerprint density at radius 3 is 2.11 bits per heavy atom. The van der Waals surface area contributed by atoms with E-state index in [4.69, 9.17) is 17.0 Å². The average Bonchev–Trinajstić information content (AvgIpc) is 2.84. The van der Waals surface area contributed by atoms with Crippen LogP contribution in [0.4, 0.5) is 0 Å². The van der Waals surface area contributed by atoms with Gasteiger partial charge in [-0.1, -0.05) is 54.1 Å². The first kappa shape index (κ1) is 13.9. The molecule has 18 heavy (non-hydrogen) atoms. The van der Waals surface area contributed by atoms with Crippen molar-refractivity contribution in [2.45, 2.75) is 0 Å². The molecule has 0 aliphatic rings. The van der Waals surface area contributed by atoms with E-state index < -0.39 is 20.8 Å². The summed E-state index contributed by atoms with van der Waals surface area (Å²) in [6, 6.07) is 23.4. The van der Waals surface area contributed by atoms with Gasteiger partial charge in [-0.3, -0.25) is 0 Å². The molecular formula is C15H11Cl2Zr-. The van der Waals surface area contributed by atoms with Crippen molar-refractivity contribution in [1.82, 2.24) is 0 Å². The molecule has 3 aromatic carbocycles. The van der Waals surface area contributed by atoms with Crippen LogP contribution in [0.25, 0.3) is 21.9 Å². The van der Waals surface area contributed by atoms with Crippen molar-refractivity contribution < 1.29 is 20.8 Å². The Balaban J connectivity index is 0.000000367. The van der Waals surface area contributed by atoms with Crippen molar-refractivity contribution >= 4 is 27.8 Å². The fraction of sp³-hybridized carbons (Fsp3) is 0. The van der Waals surface area contributed by atoms with Crippen LogP contribution in [0.1, 0.15) is 0 Å². The zero-order valence-electron chi connectivity index (χ0n) is 9.61. The molecule has 0 N–H and O–H groups in total. The van der Waals surface area contributed by atoms with Gasteiger partial charge in [0.25, 0.3) is 0 Å². The van der Waals surface area contributed by atoms with E-state index in [1.807, 2.05) is 6.07 Å². The van der Waals surface area contributed by atoms with E-state index in [1.54, 1.807) is 0 Å². The van der Waals surface area contributed by atoms with Crippen LogP contribution in [-0.2, 0) is 20.8 Å². The van der Waals surface area contributed by atoms with Gasteiger partial charge in [-0.25, -0.2) is 0 Å². The number of rotatable bonds is 1. The Hall–Kier alpha value is -0.487. The summed E-state index contributed by atoms with van der Waals surface area (Å²) in [5.74, 6) is 0. The topological polar surface area (TPSA) is 0 Å². The van der Waals surface area contributed by atoms with Gasteiger partial charge in [0.1, 0.15) is 0 Å². The molecule has 0 radical (unpaired) electrons. The summed E-state index contributed by atoms with van der Waals surface area (Å²) in [7, 11) is 9.87. The third-order valence-corrected chi connectivity index (χ3v) is 2.73. The van der Waals surface area contributed by atoms with Crippen LogP contribution in [0.3, 0.4) is 0 Å². The van der Waals surface area contributed by atoms with Gasteiger partial charge in [-0.05, 0) is 0 Å². The molecule has 0 nitrogen and oxygen atoms in total. The summed E-state index contributed by atoms with van der Waals surface area (Å²) < 4.78 is 0. The molecule has 0 amide bonds. The molecule has 0 unspecified atom stereocenters. The Morgan fingerprint density at radius 2 is 1.44 bits per heavy atom. The van der Waals surface area contributed by atoms with Crippen LogP contribution >= 0.6 is 17.0 Å². The van der Waals surface area contributed by atoms with E-state index in [2.05, 4.69) is 60.7 Å². The molecule has 0 aliphatic carbocycles. The monoisotopic (exact) mass is 351 g/mol. The van der Waals surface area contributed by atoms with Gasteiger partial charge in [0, 0.05) is 0 Å². The van der Waals surface area contributed by atoms with Crippen LogP contribution < -0.4 is 0 Å². The first-order valence-corrected chi connectivity index (χ1v) is 11.9. The Morgan fingerprint density at radius 1 is 0.833 bits per heavy atom. The van der Waals surface area contributed by atoms with Gasteiger partial charge >= 0.3 is 37.9 Å². The van der Waals surface area contributed by atoms with Gasteiger partial charge in [0.05, 0.1) is 0 Å². The predicted molar refractivity (Wildman–Crippen MR) is 76.7 cm³/mol. The van der Waals surface area contributed by atoms with Crippen LogP contribution in [0.5, 0.6) is 0 Å². The molecule has 3 heteroatoms. The predicted octanol–water partition coefficient (Wildman–Crippen LogP) is 5.60. The van der Waals surface area contributed by atoms with E-state index in [-0.39, 0.29) is 0 Å². The number of fused-ring (bicyclic) bond motifs is 1. The fourth-order valence-electron chi connectivity index (χ4n) is 1.95. The quantitative estimate of drug-likeness (QED) is 0.499. The first-order valence-electron chi connectivity index (χ1n) is 5.52. The maximum absolute atomic E-state index is 4.93. The van der Waals surface area contributed by atoms with Crippen molar-refractivity contribution in [1.29, 1.82) is 0 Å². The zero-order chi connectivity index (χ0) is 12.8. The summed E-state index contributed by atoms with van der Waals surface area (Å²) in [4.78, 5) is 0. The summed E-state index contributed by atoms with van der Waals surface area (Å²) in [6.45, 7) is 0. The van der Waals surface area contributed by atoms with Crippen LogP contribution in [0.2, 0.25) is 0 Å². The molecule has 0 bridgehead atoms. The standard InChI is InChI=1S/C15H11.2ClH.Zr/c1-2-6-12(7-3-1)15-10-13-8-4-5-9-14(13)11-15;;;/h1-11H;2*1H;/q-1;;;+2/p-2. The van der Waals surface area contributed by atoms with Crippen molar-refractivity contribution in [3.8, 4) is 11.1 Å². The van der Waals surface area contributed by atoms with E-state index >= 15 is 0 Å². The molecule has 0 heterocycles. The van der Waals surface area contributed by atoms with Crippen LogP contribution in [0, 0.1) is 0 Å². The smallest absolute Gasteiger partial charge is 0.0635 e. The van der Waals surface area contributed by atoms with E-state index in [9.17, 15) is 0 Å². The minimum absolute atomic E-state index is 0.826. The summed E-state index contributed by atoms with van der Waals surface area (Å²) in [6.07, 6.45) is 0. The number of benzene rings is 2. The third-order valence-electron chi connectivity index (χ3n) is 2.73. The first-order chi connectivity index (χ1) is 8.85. The van der Waals surface area contributed by atoms with E-state index in [0.29, 0.717) is 0 Å². The normalized spacial score (nSPS) is 9.67. The molecule has 0 saturated heterocycles. The third kappa shape index (κ3) is 3.51. The van der Waals surface area contributed by atoms with E-state index in [1.165, 1.54) is 21.9 Å². The van der Waals surface area contributed by atoms with Crippen molar-refractivity contribution in [3.05, 3.63) is 66.7 Å².